The van der Waals surface area contributed by atoms with Gasteiger partial charge in [-0.2, -0.15) is 0 Å². The minimum Gasteiger partial charge on any atom is -0.309 e. The van der Waals surface area contributed by atoms with E-state index in [4.69, 9.17) is 16.8 Å². The van der Waals surface area contributed by atoms with Crippen molar-refractivity contribution >= 4 is 75.0 Å². The summed E-state index contributed by atoms with van der Waals surface area (Å²) in [5.74, 6) is 0.397. The van der Waals surface area contributed by atoms with E-state index in [1.54, 1.807) is 0 Å². The molecule has 0 bridgehead atoms. The highest BCUT2D eigenvalue weighted by Crippen LogP contribution is 2.48. The Hall–Kier alpha value is -5.84. The summed E-state index contributed by atoms with van der Waals surface area (Å²) in [5, 5.41) is 7.87. The zero-order chi connectivity index (χ0) is 34.5. The Balaban J connectivity index is 1.28. The second kappa shape index (κ2) is 9.83. The molecule has 10 aromatic rings. The molecular formula is C42H25N3S. The molecule has 7 aromatic carbocycles. The van der Waals surface area contributed by atoms with Gasteiger partial charge in [0.15, 0.2) is 5.82 Å². The van der Waals surface area contributed by atoms with Gasteiger partial charge in [-0.05, 0) is 30.3 Å². The van der Waals surface area contributed by atoms with Gasteiger partial charge in [-0.3, -0.25) is 0 Å². The molecule has 0 radical (unpaired) electrons. The number of aromatic nitrogens is 3. The summed E-state index contributed by atoms with van der Waals surface area (Å²) < 4.78 is 47.2. The molecule has 0 aliphatic carbocycles. The molecule has 0 spiro atoms. The average molecular weight is 609 g/mol. The predicted molar refractivity (Wildman–Crippen MR) is 195 cm³/mol. The molecule has 214 valence electrons. The molecular weight excluding hydrogens is 579 g/mol. The van der Waals surface area contributed by atoms with Gasteiger partial charge in [-0.25, -0.2) is 9.97 Å². The summed E-state index contributed by atoms with van der Waals surface area (Å²) in [7, 11) is 0. The molecule has 0 saturated heterocycles. The van der Waals surface area contributed by atoms with Crippen LogP contribution in [0.3, 0.4) is 0 Å². The van der Waals surface area contributed by atoms with Crippen LogP contribution in [0.25, 0.3) is 92.0 Å². The number of nitrogens with zero attached hydrogens (tertiary/aromatic N) is 3. The van der Waals surface area contributed by atoms with E-state index in [0.29, 0.717) is 22.4 Å². The van der Waals surface area contributed by atoms with Crippen molar-refractivity contribution in [3.8, 4) is 28.3 Å². The van der Waals surface area contributed by atoms with Crippen molar-refractivity contribution in [1.82, 2.24) is 14.5 Å². The second-order valence-corrected chi connectivity index (χ2v) is 12.4. The number of thiophene rings is 1. The Labute approximate surface area is 275 Å². The second-order valence-electron chi connectivity index (χ2n) is 11.4. The standard InChI is InChI=1S/C42H25N3S/c1-2-13-26(14-3-1)39-31-19-6-9-22-34(31)43-42(44-39)27-15-12-16-28(25-27)45-35-23-10-7-20-32(35)37-38-33-21-8-11-24-36(33)46-41(38)30-18-5-4-17-29(30)40(37)45/h1-25H/i1D,2D,3D,13D,14D. The topological polar surface area (TPSA) is 30.7 Å². The van der Waals surface area contributed by atoms with Gasteiger partial charge in [0.25, 0.3) is 0 Å². The predicted octanol–water partition coefficient (Wildman–Crippen LogP) is 11.6. The smallest absolute Gasteiger partial charge is 0.160 e. The Morgan fingerprint density at radius 2 is 1.28 bits per heavy atom. The molecule has 0 N–H and O–H groups in total. The third kappa shape index (κ3) is 3.65. The molecule has 0 atom stereocenters. The van der Waals surface area contributed by atoms with Crippen LogP contribution < -0.4 is 0 Å². The maximum Gasteiger partial charge on any atom is 0.160 e. The lowest BCUT2D eigenvalue weighted by molar-refractivity contribution is 1.17. The van der Waals surface area contributed by atoms with Crippen LogP contribution in [0.5, 0.6) is 0 Å². The van der Waals surface area contributed by atoms with E-state index in [9.17, 15) is 0 Å². The van der Waals surface area contributed by atoms with Crippen molar-refractivity contribution in [3.63, 3.8) is 0 Å². The van der Waals surface area contributed by atoms with Gasteiger partial charge < -0.3 is 4.57 Å². The van der Waals surface area contributed by atoms with Crippen LogP contribution in [-0.4, -0.2) is 14.5 Å². The third-order valence-corrected chi connectivity index (χ3v) is 10.1. The minimum absolute atomic E-state index is 0.0536. The summed E-state index contributed by atoms with van der Waals surface area (Å²) in [6.45, 7) is 0. The Bertz CT molecular complexity index is 3080. The van der Waals surface area contributed by atoms with Gasteiger partial charge in [-0.1, -0.05) is 121 Å². The van der Waals surface area contributed by atoms with E-state index in [-0.39, 0.29) is 17.6 Å². The lowest BCUT2D eigenvalue weighted by Gasteiger charge is -2.13. The van der Waals surface area contributed by atoms with Crippen LogP contribution in [-0.2, 0) is 0 Å². The minimum atomic E-state index is -0.438. The fourth-order valence-corrected chi connectivity index (χ4v) is 8.18. The summed E-state index contributed by atoms with van der Waals surface area (Å²) in [6.07, 6.45) is 0. The first-order valence-electron chi connectivity index (χ1n) is 17.6. The first-order chi connectivity index (χ1) is 24.9. The van der Waals surface area contributed by atoms with E-state index in [1.807, 2.05) is 47.7 Å². The fourth-order valence-electron chi connectivity index (χ4n) is 6.94. The van der Waals surface area contributed by atoms with E-state index >= 15 is 0 Å². The first-order valence-corrected chi connectivity index (χ1v) is 15.9. The summed E-state index contributed by atoms with van der Waals surface area (Å²) in [6, 6.07) is 39.5. The highest BCUT2D eigenvalue weighted by Gasteiger charge is 2.22. The highest BCUT2D eigenvalue weighted by molar-refractivity contribution is 7.27. The third-order valence-electron chi connectivity index (χ3n) is 8.85. The van der Waals surface area contributed by atoms with Crippen molar-refractivity contribution < 1.29 is 6.85 Å². The van der Waals surface area contributed by atoms with Gasteiger partial charge in [0, 0.05) is 63.9 Å². The van der Waals surface area contributed by atoms with Gasteiger partial charge in [0.2, 0.25) is 0 Å². The quantitative estimate of drug-likeness (QED) is 0.200. The molecule has 0 aliphatic heterocycles. The fraction of sp³-hybridized carbons (Fsp3) is 0. The lowest BCUT2D eigenvalue weighted by Crippen LogP contribution is -1.98. The number of fused-ring (bicyclic) bond motifs is 11. The van der Waals surface area contributed by atoms with E-state index in [0.717, 1.165) is 22.3 Å². The molecule has 3 nitrogen and oxygen atoms in total. The normalized spacial score (nSPS) is 13.4. The van der Waals surface area contributed by atoms with Crippen LogP contribution in [0.2, 0.25) is 0 Å². The van der Waals surface area contributed by atoms with Crippen molar-refractivity contribution in [1.29, 1.82) is 0 Å². The summed E-state index contributed by atoms with van der Waals surface area (Å²) in [5.41, 5.74) is 4.85. The zero-order valence-electron chi connectivity index (χ0n) is 29.3. The molecule has 0 unspecified atom stereocenters. The SMILES string of the molecule is [2H]c1c([2H])c([2H])c(-c2nc(-c3cccc(-n4c5ccccc5c5c6c7ccccc7sc6c6ccccc6c54)c3)nc3ccccc23)c([2H])c1[2H]. The van der Waals surface area contributed by atoms with Crippen LogP contribution in [0, 0.1) is 0 Å². The molecule has 3 heterocycles. The number of rotatable bonds is 3. The number of hydrogen-bond donors (Lipinski definition) is 0. The monoisotopic (exact) mass is 608 g/mol. The van der Waals surface area contributed by atoms with Crippen molar-refractivity contribution in [3.05, 3.63) is 152 Å². The maximum atomic E-state index is 8.73. The van der Waals surface area contributed by atoms with Crippen LogP contribution in [0.15, 0.2) is 152 Å². The first kappa shape index (κ1) is 21.0. The summed E-state index contributed by atoms with van der Waals surface area (Å²) >= 11 is 1.84. The van der Waals surface area contributed by atoms with Crippen LogP contribution in [0.4, 0.5) is 0 Å². The Kier molecular flexibility index (Phi) is 4.49. The van der Waals surface area contributed by atoms with E-state index in [1.165, 1.54) is 41.7 Å². The maximum absolute atomic E-state index is 8.73. The molecule has 10 rings (SSSR count). The molecule has 0 amide bonds. The Morgan fingerprint density at radius 1 is 0.565 bits per heavy atom. The molecule has 0 fully saturated rings. The summed E-state index contributed by atoms with van der Waals surface area (Å²) in [4.78, 5) is 9.90. The van der Waals surface area contributed by atoms with Gasteiger partial charge >= 0.3 is 0 Å². The van der Waals surface area contributed by atoms with Crippen LogP contribution in [0.1, 0.15) is 6.85 Å². The number of hydrogen-bond acceptors (Lipinski definition) is 3. The van der Waals surface area contributed by atoms with Gasteiger partial charge in [0.05, 0.1) is 29.1 Å². The number of para-hydroxylation sites is 2. The molecule has 3 aromatic heterocycles. The van der Waals surface area contributed by atoms with Crippen molar-refractivity contribution in [2.45, 2.75) is 0 Å². The largest absolute Gasteiger partial charge is 0.309 e. The molecule has 46 heavy (non-hydrogen) atoms. The zero-order valence-corrected chi connectivity index (χ0v) is 25.1. The highest BCUT2D eigenvalue weighted by atomic mass is 32.1. The molecule has 0 saturated carbocycles. The number of benzene rings is 7. The lowest BCUT2D eigenvalue weighted by atomic mass is 10.00. The molecule has 0 aliphatic rings. The van der Waals surface area contributed by atoms with Crippen molar-refractivity contribution in [2.24, 2.45) is 0 Å². The molecule has 4 heteroatoms. The Morgan fingerprint density at radius 3 is 2.15 bits per heavy atom. The van der Waals surface area contributed by atoms with Gasteiger partial charge in [-0.15, -0.1) is 11.3 Å². The van der Waals surface area contributed by atoms with Gasteiger partial charge in [0.1, 0.15) is 0 Å². The van der Waals surface area contributed by atoms with E-state index in [2.05, 4.69) is 89.5 Å². The van der Waals surface area contributed by atoms with Crippen molar-refractivity contribution in [2.75, 3.05) is 0 Å². The van der Waals surface area contributed by atoms with E-state index < -0.39 is 18.1 Å². The van der Waals surface area contributed by atoms with Crippen LogP contribution >= 0.6 is 11.3 Å². The average Bonchev–Trinajstić information content (AvgIpc) is 3.73.